The van der Waals surface area contributed by atoms with Crippen LogP contribution in [-0.4, -0.2) is 38.6 Å². The van der Waals surface area contributed by atoms with E-state index in [0.717, 1.165) is 33.0 Å². The highest BCUT2D eigenvalue weighted by Gasteiger charge is 2.27. The van der Waals surface area contributed by atoms with E-state index in [1.54, 1.807) is 24.1 Å². The smallest absolute Gasteiger partial charge is 0.264 e. The minimum Gasteiger partial charge on any atom is -0.490 e. The van der Waals surface area contributed by atoms with E-state index < -0.39 is 0 Å². The second-order valence-electron chi connectivity index (χ2n) is 8.72. The number of nitrogens with one attached hydrogen (secondary N) is 1. The zero-order chi connectivity index (χ0) is 26.4. The fraction of sp³-hybridized carbons (Fsp3) is 0.267. The lowest BCUT2D eigenvalue weighted by Crippen LogP contribution is -2.31. The quantitative estimate of drug-likeness (QED) is 0.360. The normalized spacial score (nSPS) is 13.9. The molecule has 0 fully saturated rings. The van der Waals surface area contributed by atoms with Crippen molar-refractivity contribution in [2.24, 2.45) is 0 Å². The van der Waals surface area contributed by atoms with E-state index in [-0.39, 0.29) is 11.8 Å². The minimum absolute atomic E-state index is 0.0860. The SMILES string of the molecule is CCOc1ccc(CCNC(=O)c2ccc3c(c2)N(C)C(=O)C(=Cc2cccc(C)c2)S3)cc1OCC. The van der Waals surface area contributed by atoms with Crippen molar-refractivity contribution in [2.75, 3.05) is 31.7 Å². The van der Waals surface area contributed by atoms with Crippen LogP contribution in [0.25, 0.3) is 6.08 Å². The Morgan fingerprint density at radius 1 is 1.00 bits per heavy atom. The molecule has 0 bridgehead atoms. The van der Waals surface area contributed by atoms with Crippen molar-refractivity contribution in [3.63, 3.8) is 0 Å². The number of rotatable bonds is 9. The largest absolute Gasteiger partial charge is 0.490 e. The molecule has 0 saturated heterocycles. The Balaban J connectivity index is 1.42. The van der Waals surface area contributed by atoms with Crippen molar-refractivity contribution in [2.45, 2.75) is 32.1 Å². The Morgan fingerprint density at radius 2 is 1.78 bits per heavy atom. The average Bonchev–Trinajstić information content (AvgIpc) is 2.88. The number of benzene rings is 3. The fourth-order valence-electron chi connectivity index (χ4n) is 4.12. The third kappa shape index (κ3) is 6.35. The van der Waals surface area contributed by atoms with Gasteiger partial charge in [-0.2, -0.15) is 0 Å². The van der Waals surface area contributed by atoms with Gasteiger partial charge in [-0.1, -0.05) is 47.7 Å². The summed E-state index contributed by atoms with van der Waals surface area (Å²) in [7, 11) is 1.74. The Bertz CT molecular complexity index is 1330. The highest BCUT2D eigenvalue weighted by Crippen LogP contribution is 2.42. The maximum absolute atomic E-state index is 13.0. The summed E-state index contributed by atoms with van der Waals surface area (Å²) in [5, 5.41) is 2.99. The molecule has 0 radical (unpaired) electrons. The van der Waals surface area contributed by atoms with Crippen LogP contribution in [0.2, 0.25) is 0 Å². The molecule has 4 rings (SSSR count). The Hall–Kier alpha value is -3.71. The van der Waals surface area contributed by atoms with Gasteiger partial charge in [-0.3, -0.25) is 9.59 Å². The third-order valence-electron chi connectivity index (χ3n) is 5.96. The molecule has 0 aromatic heterocycles. The Kier molecular flexibility index (Phi) is 8.56. The van der Waals surface area contributed by atoms with Crippen LogP contribution in [0.5, 0.6) is 11.5 Å². The first-order chi connectivity index (χ1) is 17.9. The van der Waals surface area contributed by atoms with E-state index in [4.69, 9.17) is 9.47 Å². The second kappa shape index (κ2) is 12.0. The van der Waals surface area contributed by atoms with Crippen LogP contribution in [0.1, 0.15) is 40.9 Å². The van der Waals surface area contributed by atoms with E-state index >= 15 is 0 Å². The van der Waals surface area contributed by atoms with Gasteiger partial charge in [0.05, 0.1) is 23.8 Å². The monoisotopic (exact) mass is 516 g/mol. The van der Waals surface area contributed by atoms with Crippen molar-refractivity contribution < 1.29 is 19.1 Å². The zero-order valence-corrected chi connectivity index (χ0v) is 22.5. The van der Waals surface area contributed by atoms with Crippen LogP contribution >= 0.6 is 11.8 Å². The third-order valence-corrected chi connectivity index (χ3v) is 7.04. The lowest BCUT2D eigenvalue weighted by molar-refractivity contribution is -0.114. The maximum atomic E-state index is 13.0. The molecule has 0 aliphatic carbocycles. The van der Waals surface area contributed by atoms with Crippen molar-refractivity contribution >= 4 is 35.3 Å². The lowest BCUT2D eigenvalue weighted by atomic mass is 10.1. The van der Waals surface area contributed by atoms with Gasteiger partial charge in [-0.25, -0.2) is 0 Å². The fourth-order valence-corrected chi connectivity index (χ4v) is 5.21. The molecule has 0 saturated carbocycles. The molecule has 0 unspecified atom stereocenters. The van der Waals surface area contributed by atoms with E-state index in [9.17, 15) is 9.59 Å². The zero-order valence-electron chi connectivity index (χ0n) is 21.7. The number of hydrogen-bond acceptors (Lipinski definition) is 5. The first kappa shape index (κ1) is 26.4. The van der Waals surface area contributed by atoms with Crippen LogP contribution < -0.4 is 19.7 Å². The molecule has 1 N–H and O–H groups in total. The number of nitrogens with zero attached hydrogens (tertiary/aromatic N) is 1. The van der Waals surface area contributed by atoms with Gasteiger partial charge in [0.1, 0.15) is 0 Å². The summed E-state index contributed by atoms with van der Waals surface area (Å²) >= 11 is 1.43. The molecular weight excluding hydrogens is 484 g/mol. The maximum Gasteiger partial charge on any atom is 0.264 e. The summed E-state index contributed by atoms with van der Waals surface area (Å²) < 4.78 is 11.3. The number of ether oxygens (including phenoxy) is 2. The minimum atomic E-state index is -0.175. The number of hydrogen-bond donors (Lipinski definition) is 1. The van der Waals surface area contributed by atoms with Gasteiger partial charge >= 0.3 is 0 Å². The topological polar surface area (TPSA) is 67.9 Å². The average molecular weight is 517 g/mol. The van der Waals surface area contributed by atoms with Gasteiger partial charge in [0.25, 0.3) is 11.8 Å². The number of carbonyl (C=O) groups is 2. The van der Waals surface area contributed by atoms with E-state index in [2.05, 4.69) is 11.4 Å². The van der Waals surface area contributed by atoms with Gasteiger partial charge in [-0.05, 0) is 74.7 Å². The number of anilines is 1. The molecule has 0 spiro atoms. The standard InChI is InChI=1S/C30H32N2O4S/c1-5-35-25-12-10-21(17-26(25)36-6-2)14-15-31-29(33)23-11-13-27-24(19-23)32(4)30(34)28(37-27)18-22-9-7-8-20(3)16-22/h7-13,16-19H,5-6,14-15H2,1-4H3,(H,31,33). The Morgan fingerprint density at radius 3 is 2.54 bits per heavy atom. The molecule has 0 atom stereocenters. The van der Waals surface area contributed by atoms with Crippen molar-refractivity contribution in [3.8, 4) is 11.5 Å². The number of thioether (sulfide) groups is 1. The number of aryl methyl sites for hydroxylation is 1. The molecule has 7 heteroatoms. The van der Waals surface area contributed by atoms with E-state index in [1.807, 2.05) is 69.3 Å². The summed E-state index contributed by atoms with van der Waals surface area (Å²) in [5.41, 5.74) is 4.44. The summed E-state index contributed by atoms with van der Waals surface area (Å²) in [6, 6.07) is 19.4. The molecule has 1 heterocycles. The van der Waals surface area contributed by atoms with E-state index in [1.165, 1.54) is 11.8 Å². The highest BCUT2D eigenvalue weighted by atomic mass is 32.2. The first-order valence-corrected chi connectivity index (χ1v) is 13.3. The molecule has 2 amide bonds. The Labute approximate surface area is 222 Å². The van der Waals surface area contributed by atoms with Crippen molar-refractivity contribution in [3.05, 3.63) is 87.8 Å². The highest BCUT2D eigenvalue weighted by molar-refractivity contribution is 8.04. The predicted molar refractivity (Wildman–Crippen MR) is 150 cm³/mol. The summed E-state index contributed by atoms with van der Waals surface area (Å²) in [6.45, 7) is 7.50. The summed E-state index contributed by atoms with van der Waals surface area (Å²) in [4.78, 5) is 29.1. The molecular formula is C30H32N2O4S. The van der Waals surface area contributed by atoms with Crippen LogP contribution in [0, 0.1) is 6.92 Å². The molecule has 1 aliphatic heterocycles. The molecule has 37 heavy (non-hydrogen) atoms. The number of fused-ring (bicyclic) bond motifs is 1. The summed E-state index contributed by atoms with van der Waals surface area (Å²) in [6.07, 6.45) is 2.57. The van der Waals surface area contributed by atoms with Gasteiger partial charge < -0.3 is 19.7 Å². The van der Waals surface area contributed by atoms with Gasteiger partial charge in [0.15, 0.2) is 11.5 Å². The molecule has 192 valence electrons. The number of amides is 2. The second-order valence-corrected chi connectivity index (χ2v) is 9.81. The first-order valence-electron chi connectivity index (χ1n) is 12.4. The number of carbonyl (C=O) groups excluding carboxylic acids is 2. The van der Waals surface area contributed by atoms with Crippen molar-refractivity contribution in [1.82, 2.24) is 5.32 Å². The van der Waals surface area contributed by atoms with Gasteiger partial charge in [-0.15, -0.1) is 0 Å². The van der Waals surface area contributed by atoms with Crippen LogP contribution in [-0.2, 0) is 11.2 Å². The van der Waals surface area contributed by atoms with Crippen LogP contribution in [0.3, 0.4) is 0 Å². The van der Waals surface area contributed by atoms with Gasteiger partial charge in [0, 0.05) is 24.1 Å². The predicted octanol–water partition coefficient (Wildman–Crippen LogP) is 5.87. The van der Waals surface area contributed by atoms with Crippen molar-refractivity contribution in [1.29, 1.82) is 0 Å². The molecule has 6 nitrogen and oxygen atoms in total. The van der Waals surface area contributed by atoms with Crippen LogP contribution in [0.4, 0.5) is 5.69 Å². The molecule has 3 aromatic carbocycles. The summed E-state index contributed by atoms with van der Waals surface area (Å²) in [5.74, 6) is 1.17. The molecule has 3 aromatic rings. The van der Waals surface area contributed by atoms with Crippen LogP contribution in [0.15, 0.2) is 70.5 Å². The lowest BCUT2D eigenvalue weighted by Gasteiger charge is -2.27. The number of likely N-dealkylation sites (N-methyl/N-ethyl adjacent to an activating group) is 1. The van der Waals surface area contributed by atoms with Gasteiger partial charge in [0.2, 0.25) is 0 Å². The molecule has 1 aliphatic rings. The van der Waals surface area contributed by atoms with E-state index in [0.29, 0.717) is 42.4 Å².